The standard InChI is InChI=1S/C17H17N4O4P/c1-25-15-4-2-3-14(9-15)21-17(26(22,23)24)20-13-7-5-12(6-8-13)16-10-18-11-19-16/h2-11H,1H3,(H,18,19)(H,20,21)(H2,22,23,24). The van der Waals surface area contributed by atoms with Crippen molar-refractivity contribution in [1.82, 2.24) is 9.97 Å². The fraction of sp³-hybridized carbons (Fsp3) is 0.0588. The number of rotatable bonds is 5. The number of H-pyrrole nitrogens is 1. The number of anilines is 1. The lowest BCUT2D eigenvalue weighted by molar-refractivity contribution is 0.391. The summed E-state index contributed by atoms with van der Waals surface area (Å²) < 4.78 is 16.9. The molecule has 0 aliphatic heterocycles. The van der Waals surface area contributed by atoms with Crippen LogP contribution in [0, 0.1) is 0 Å². The number of aromatic amines is 1. The van der Waals surface area contributed by atoms with Gasteiger partial charge in [0.25, 0.3) is 0 Å². The maximum atomic E-state index is 11.8. The van der Waals surface area contributed by atoms with E-state index in [0.717, 1.165) is 11.3 Å². The van der Waals surface area contributed by atoms with Crippen LogP contribution in [0.1, 0.15) is 0 Å². The number of nitrogens with zero attached hydrogens (tertiary/aromatic N) is 2. The Morgan fingerprint density at radius 3 is 2.62 bits per heavy atom. The van der Waals surface area contributed by atoms with Crippen molar-refractivity contribution in [2.24, 2.45) is 4.99 Å². The van der Waals surface area contributed by atoms with E-state index in [1.165, 1.54) is 7.11 Å². The Bertz CT molecular complexity index is 949. The summed E-state index contributed by atoms with van der Waals surface area (Å²) in [5, 5.41) is 2.68. The quantitative estimate of drug-likeness (QED) is 0.310. The highest BCUT2D eigenvalue weighted by molar-refractivity contribution is 7.70. The third-order valence-corrected chi connectivity index (χ3v) is 4.28. The molecular weight excluding hydrogens is 355 g/mol. The molecule has 0 bridgehead atoms. The number of benzene rings is 2. The van der Waals surface area contributed by atoms with Crippen LogP contribution < -0.4 is 10.1 Å². The van der Waals surface area contributed by atoms with Crippen molar-refractivity contribution in [1.29, 1.82) is 0 Å². The SMILES string of the molecule is COc1cccc(NC(=Nc2ccc(-c3cnc[nH]3)cc2)P(=O)(O)O)c1. The largest absolute Gasteiger partial charge is 0.497 e. The van der Waals surface area contributed by atoms with Gasteiger partial charge in [-0.15, -0.1) is 0 Å². The summed E-state index contributed by atoms with van der Waals surface area (Å²) in [6.07, 6.45) is 3.26. The van der Waals surface area contributed by atoms with Crippen molar-refractivity contribution in [2.45, 2.75) is 0 Å². The van der Waals surface area contributed by atoms with Gasteiger partial charge in [-0.25, -0.2) is 9.98 Å². The Balaban J connectivity index is 1.88. The molecule has 1 heterocycles. The molecule has 0 saturated heterocycles. The van der Waals surface area contributed by atoms with Crippen molar-refractivity contribution >= 4 is 24.5 Å². The number of hydrogen-bond donors (Lipinski definition) is 4. The van der Waals surface area contributed by atoms with E-state index in [0.29, 0.717) is 17.1 Å². The van der Waals surface area contributed by atoms with Gasteiger partial charge in [0.05, 0.1) is 31.0 Å². The van der Waals surface area contributed by atoms with Crippen LogP contribution in [0.15, 0.2) is 66.0 Å². The lowest BCUT2D eigenvalue weighted by Crippen LogP contribution is -2.12. The summed E-state index contributed by atoms with van der Waals surface area (Å²) >= 11 is 0. The highest BCUT2D eigenvalue weighted by Gasteiger charge is 2.23. The van der Waals surface area contributed by atoms with Gasteiger partial charge in [0.2, 0.25) is 5.58 Å². The van der Waals surface area contributed by atoms with Crippen LogP contribution in [0.2, 0.25) is 0 Å². The van der Waals surface area contributed by atoms with E-state index >= 15 is 0 Å². The van der Waals surface area contributed by atoms with Gasteiger partial charge >= 0.3 is 7.60 Å². The fourth-order valence-corrected chi connectivity index (χ4v) is 2.77. The minimum Gasteiger partial charge on any atom is -0.497 e. The summed E-state index contributed by atoms with van der Waals surface area (Å²) in [6.45, 7) is 0. The second-order valence-corrected chi connectivity index (χ2v) is 6.86. The number of aromatic nitrogens is 2. The number of nitrogens with one attached hydrogen (secondary N) is 2. The first-order chi connectivity index (χ1) is 12.5. The molecular formula is C17H17N4O4P. The molecule has 3 rings (SSSR count). The summed E-state index contributed by atoms with van der Waals surface area (Å²) in [7, 11) is -3.10. The molecule has 0 aliphatic rings. The van der Waals surface area contributed by atoms with Crippen LogP contribution in [0.25, 0.3) is 11.3 Å². The summed E-state index contributed by atoms with van der Waals surface area (Å²) in [6, 6.07) is 13.6. The Morgan fingerprint density at radius 1 is 1.23 bits per heavy atom. The molecule has 9 heteroatoms. The number of ether oxygens (including phenoxy) is 1. The Kier molecular flexibility index (Phi) is 5.18. The monoisotopic (exact) mass is 372 g/mol. The fourth-order valence-electron chi connectivity index (χ4n) is 2.25. The predicted octanol–water partition coefficient (Wildman–Crippen LogP) is 3.36. The van der Waals surface area contributed by atoms with Crippen molar-refractivity contribution in [3.63, 3.8) is 0 Å². The Morgan fingerprint density at radius 2 is 2.00 bits per heavy atom. The molecule has 3 aromatic rings. The maximum absolute atomic E-state index is 11.8. The van der Waals surface area contributed by atoms with Crippen LogP contribution in [0.5, 0.6) is 5.75 Å². The van der Waals surface area contributed by atoms with Crippen molar-refractivity contribution in [3.8, 4) is 17.0 Å². The van der Waals surface area contributed by atoms with Crippen LogP contribution in [-0.2, 0) is 4.57 Å². The highest BCUT2D eigenvalue weighted by Crippen LogP contribution is 2.39. The minimum absolute atomic E-state index is 0.405. The molecule has 2 aromatic carbocycles. The van der Waals surface area contributed by atoms with Gasteiger partial charge in [0.1, 0.15) is 5.75 Å². The number of hydrogen-bond acceptors (Lipinski definition) is 4. The molecule has 0 radical (unpaired) electrons. The molecule has 4 N–H and O–H groups in total. The van der Waals surface area contributed by atoms with Gasteiger partial charge in [0.15, 0.2) is 0 Å². The zero-order valence-corrected chi connectivity index (χ0v) is 14.7. The van der Waals surface area contributed by atoms with E-state index in [1.807, 2.05) is 0 Å². The van der Waals surface area contributed by atoms with Crippen LogP contribution >= 0.6 is 7.60 Å². The van der Waals surface area contributed by atoms with E-state index in [4.69, 9.17) is 4.74 Å². The highest BCUT2D eigenvalue weighted by atomic mass is 31.2. The van der Waals surface area contributed by atoms with E-state index in [9.17, 15) is 14.4 Å². The van der Waals surface area contributed by atoms with Crippen LogP contribution in [-0.4, -0.2) is 32.4 Å². The molecule has 0 spiro atoms. The molecule has 0 aliphatic carbocycles. The molecule has 0 unspecified atom stereocenters. The van der Waals surface area contributed by atoms with Gasteiger partial charge in [-0.1, -0.05) is 18.2 Å². The van der Waals surface area contributed by atoms with Gasteiger partial charge < -0.3 is 24.8 Å². The second kappa shape index (κ2) is 7.53. The van der Waals surface area contributed by atoms with Crippen molar-refractivity contribution in [3.05, 3.63) is 61.1 Å². The minimum atomic E-state index is -4.61. The average Bonchev–Trinajstić information content (AvgIpc) is 3.16. The van der Waals surface area contributed by atoms with E-state index in [-0.39, 0.29) is 0 Å². The summed E-state index contributed by atoms with van der Waals surface area (Å²) in [4.78, 5) is 30.2. The molecule has 8 nitrogen and oxygen atoms in total. The van der Waals surface area contributed by atoms with Gasteiger partial charge in [-0.3, -0.25) is 4.57 Å². The van der Waals surface area contributed by atoms with E-state index < -0.39 is 13.2 Å². The third kappa shape index (κ3) is 4.37. The molecule has 1 aromatic heterocycles. The Labute approximate surface area is 149 Å². The lowest BCUT2D eigenvalue weighted by Gasteiger charge is -2.12. The number of amidine groups is 1. The Hall–Kier alpha value is -2.93. The molecule has 0 saturated carbocycles. The second-order valence-electron chi connectivity index (χ2n) is 5.35. The number of methoxy groups -OCH3 is 1. The van der Waals surface area contributed by atoms with Gasteiger partial charge in [-0.2, -0.15) is 0 Å². The maximum Gasteiger partial charge on any atom is 0.391 e. The molecule has 134 valence electrons. The van der Waals surface area contributed by atoms with Gasteiger partial charge in [0, 0.05) is 11.8 Å². The van der Waals surface area contributed by atoms with Crippen LogP contribution in [0.4, 0.5) is 11.4 Å². The zero-order valence-electron chi connectivity index (χ0n) is 13.8. The first-order valence-corrected chi connectivity index (χ1v) is 9.21. The first kappa shape index (κ1) is 17.9. The number of imidazole rings is 1. The van der Waals surface area contributed by atoms with E-state index in [2.05, 4.69) is 20.3 Å². The molecule has 0 amide bonds. The lowest BCUT2D eigenvalue weighted by atomic mass is 10.1. The topological polar surface area (TPSA) is 120 Å². The predicted molar refractivity (Wildman–Crippen MR) is 99.8 cm³/mol. The molecule has 26 heavy (non-hydrogen) atoms. The normalized spacial score (nSPS) is 12.0. The molecule has 0 atom stereocenters. The summed E-state index contributed by atoms with van der Waals surface area (Å²) in [5.41, 5.74) is 2.15. The van der Waals surface area contributed by atoms with E-state index in [1.54, 1.807) is 61.1 Å². The third-order valence-electron chi connectivity index (χ3n) is 3.51. The summed E-state index contributed by atoms with van der Waals surface area (Å²) in [5.74, 6) is 0.559. The smallest absolute Gasteiger partial charge is 0.391 e. The van der Waals surface area contributed by atoms with Crippen LogP contribution in [0.3, 0.4) is 0 Å². The van der Waals surface area contributed by atoms with Crippen molar-refractivity contribution < 1.29 is 19.1 Å². The average molecular weight is 372 g/mol. The van der Waals surface area contributed by atoms with Gasteiger partial charge in [-0.05, 0) is 29.8 Å². The zero-order chi connectivity index (χ0) is 18.6. The molecule has 0 fully saturated rings. The number of aliphatic imine (C=N–C) groups is 1. The first-order valence-electron chi connectivity index (χ1n) is 7.60. The van der Waals surface area contributed by atoms with Crippen molar-refractivity contribution in [2.75, 3.05) is 12.4 Å².